The molecule has 1 N–H and O–H groups in total. The van der Waals surface area contributed by atoms with Gasteiger partial charge in [0.1, 0.15) is 17.3 Å². The predicted octanol–water partition coefficient (Wildman–Crippen LogP) is 5.04. The topological polar surface area (TPSA) is 74.0 Å². The summed E-state index contributed by atoms with van der Waals surface area (Å²) in [5.74, 6) is 2.94. The molecule has 166 valence electrons. The normalized spacial score (nSPS) is 12.5. The average molecular weight is 426 g/mol. The Labute approximate surface area is 183 Å². The first kappa shape index (κ1) is 22.8. The fraction of sp³-hybridized carbons (Fsp3) is 0.400. The van der Waals surface area contributed by atoms with Gasteiger partial charge in [-0.1, -0.05) is 25.1 Å². The maximum Gasteiger partial charge on any atom is 0.226 e. The van der Waals surface area contributed by atoms with Crippen LogP contribution < -0.4 is 9.47 Å². The summed E-state index contributed by atoms with van der Waals surface area (Å²) in [5.41, 5.74) is 1.05. The highest BCUT2D eigenvalue weighted by molar-refractivity contribution is 5.53. The molecule has 0 saturated heterocycles. The van der Waals surface area contributed by atoms with Gasteiger partial charge in [-0.15, -0.1) is 0 Å². The van der Waals surface area contributed by atoms with Crippen molar-refractivity contribution in [3.8, 4) is 23.0 Å². The first-order chi connectivity index (χ1) is 14.9. The second-order valence-electron chi connectivity index (χ2n) is 7.87. The van der Waals surface area contributed by atoms with Crippen molar-refractivity contribution in [3.05, 3.63) is 66.1 Å². The largest absolute Gasteiger partial charge is 0.493 e. The van der Waals surface area contributed by atoms with E-state index in [-0.39, 0.29) is 0 Å². The van der Waals surface area contributed by atoms with Gasteiger partial charge in [-0.3, -0.25) is 0 Å². The second kappa shape index (κ2) is 10.5. The van der Waals surface area contributed by atoms with Crippen molar-refractivity contribution < 1.29 is 23.7 Å². The molecule has 0 fully saturated rings. The number of aryl methyl sites for hydroxylation is 1. The van der Waals surface area contributed by atoms with Crippen LogP contribution in [-0.2, 0) is 17.6 Å². The van der Waals surface area contributed by atoms with Gasteiger partial charge >= 0.3 is 0 Å². The van der Waals surface area contributed by atoms with E-state index < -0.39 is 11.9 Å². The Kier molecular flexibility index (Phi) is 7.71. The summed E-state index contributed by atoms with van der Waals surface area (Å²) in [5, 5.41) is 9.88. The quantitative estimate of drug-likeness (QED) is 0.434. The number of hydrogen-bond donors (Lipinski definition) is 1. The second-order valence-corrected chi connectivity index (χ2v) is 7.87. The van der Waals surface area contributed by atoms with E-state index in [4.69, 9.17) is 23.6 Å². The van der Waals surface area contributed by atoms with Crippen molar-refractivity contribution in [3.63, 3.8) is 0 Å². The lowest BCUT2D eigenvalue weighted by atomic mass is 10.1. The maximum absolute atomic E-state index is 9.88. The van der Waals surface area contributed by atoms with Crippen LogP contribution in [0, 0.1) is 0 Å². The summed E-state index contributed by atoms with van der Waals surface area (Å²) >= 11 is 0. The van der Waals surface area contributed by atoms with E-state index >= 15 is 0 Å². The van der Waals surface area contributed by atoms with Crippen LogP contribution >= 0.6 is 0 Å². The molecule has 1 atom stereocenters. The number of ether oxygens (including phenoxy) is 3. The number of rotatable bonds is 11. The van der Waals surface area contributed by atoms with Gasteiger partial charge in [-0.05, 0) is 56.7 Å². The lowest BCUT2D eigenvalue weighted by molar-refractivity contribution is -0.173. The van der Waals surface area contributed by atoms with E-state index in [0.717, 1.165) is 35.6 Å². The minimum Gasteiger partial charge on any atom is -0.493 e. The van der Waals surface area contributed by atoms with Crippen LogP contribution in [0.1, 0.15) is 38.6 Å². The van der Waals surface area contributed by atoms with Crippen LogP contribution in [0.15, 0.2) is 59.0 Å². The van der Waals surface area contributed by atoms with Crippen molar-refractivity contribution in [1.82, 2.24) is 4.98 Å². The minimum atomic E-state index is -1.02. The zero-order valence-corrected chi connectivity index (χ0v) is 18.6. The molecule has 1 heterocycles. The van der Waals surface area contributed by atoms with E-state index in [2.05, 4.69) is 6.92 Å². The van der Waals surface area contributed by atoms with Crippen molar-refractivity contribution >= 4 is 0 Å². The number of aliphatic hydroxyl groups excluding tert-OH is 1. The number of methoxy groups -OCH3 is 1. The number of benzene rings is 2. The number of nitrogens with zero attached hydrogens (tertiary/aromatic N) is 1. The number of aromatic nitrogens is 1. The summed E-state index contributed by atoms with van der Waals surface area (Å²) < 4.78 is 22.7. The van der Waals surface area contributed by atoms with E-state index in [0.29, 0.717) is 24.7 Å². The molecule has 0 aliphatic rings. The van der Waals surface area contributed by atoms with Crippen LogP contribution in [0.4, 0.5) is 0 Å². The van der Waals surface area contributed by atoms with Gasteiger partial charge in [-0.25, -0.2) is 4.98 Å². The molecule has 0 amide bonds. The van der Waals surface area contributed by atoms with Gasteiger partial charge < -0.3 is 23.7 Å². The Hall–Kier alpha value is -2.83. The summed E-state index contributed by atoms with van der Waals surface area (Å²) in [7, 11) is 1.44. The fourth-order valence-electron chi connectivity index (χ4n) is 3.21. The molecule has 6 nitrogen and oxygen atoms in total. The van der Waals surface area contributed by atoms with Crippen LogP contribution in [0.2, 0.25) is 0 Å². The highest BCUT2D eigenvalue weighted by Crippen LogP contribution is 2.25. The smallest absolute Gasteiger partial charge is 0.226 e. The molecule has 3 aromatic rings. The lowest BCUT2D eigenvalue weighted by Crippen LogP contribution is -2.43. The third kappa shape index (κ3) is 6.09. The molecule has 3 rings (SSSR count). The molecule has 2 aromatic carbocycles. The average Bonchev–Trinajstić information content (AvgIpc) is 3.18. The van der Waals surface area contributed by atoms with Crippen molar-refractivity contribution in [1.29, 1.82) is 0 Å². The third-order valence-electron chi connectivity index (χ3n) is 4.91. The Morgan fingerprint density at radius 2 is 1.68 bits per heavy atom. The predicted molar refractivity (Wildman–Crippen MR) is 119 cm³/mol. The monoisotopic (exact) mass is 425 g/mol. The Morgan fingerprint density at radius 3 is 2.32 bits per heavy atom. The molecular weight excluding hydrogens is 394 g/mol. The van der Waals surface area contributed by atoms with E-state index in [1.807, 2.05) is 54.6 Å². The van der Waals surface area contributed by atoms with Crippen molar-refractivity contribution in [2.75, 3.05) is 13.7 Å². The van der Waals surface area contributed by atoms with Crippen molar-refractivity contribution in [2.45, 2.75) is 51.9 Å². The van der Waals surface area contributed by atoms with Gasteiger partial charge in [0.2, 0.25) is 5.89 Å². The molecule has 0 aliphatic heterocycles. The molecule has 1 aromatic heterocycles. The standard InChI is InChI=1S/C25H31NO5/c1-5-9-22-21(26-23(30-22)18-10-7-6-8-11-18)16-17-29-19-12-14-20(15-13-19)31-25(2,3)24(27)28-4/h6-8,10-15,24,27H,5,9,16-17H2,1-4H3. The van der Waals surface area contributed by atoms with Crippen LogP contribution in [0.3, 0.4) is 0 Å². The molecule has 0 radical (unpaired) electrons. The minimum absolute atomic E-state index is 0.492. The Morgan fingerprint density at radius 1 is 1.00 bits per heavy atom. The molecule has 0 aliphatic carbocycles. The summed E-state index contributed by atoms with van der Waals surface area (Å²) in [6.07, 6.45) is 1.48. The zero-order valence-electron chi connectivity index (χ0n) is 18.6. The number of oxazole rings is 1. The number of hydrogen-bond acceptors (Lipinski definition) is 6. The first-order valence-corrected chi connectivity index (χ1v) is 10.6. The molecule has 6 heteroatoms. The molecule has 1 unspecified atom stereocenters. The van der Waals surface area contributed by atoms with Crippen LogP contribution in [0.25, 0.3) is 11.5 Å². The van der Waals surface area contributed by atoms with E-state index in [9.17, 15) is 5.11 Å². The summed E-state index contributed by atoms with van der Waals surface area (Å²) in [6, 6.07) is 17.2. The van der Waals surface area contributed by atoms with Gasteiger partial charge in [0, 0.05) is 25.5 Å². The molecule has 31 heavy (non-hydrogen) atoms. The highest BCUT2D eigenvalue weighted by Gasteiger charge is 2.30. The van der Waals surface area contributed by atoms with Crippen LogP contribution in [-0.4, -0.2) is 35.7 Å². The van der Waals surface area contributed by atoms with E-state index in [1.165, 1.54) is 7.11 Å². The summed E-state index contributed by atoms with van der Waals surface area (Å²) in [6.45, 7) is 6.15. The van der Waals surface area contributed by atoms with Crippen molar-refractivity contribution in [2.24, 2.45) is 0 Å². The van der Waals surface area contributed by atoms with Gasteiger partial charge in [0.25, 0.3) is 0 Å². The van der Waals surface area contributed by atoms with E-state index in [1.54, 1.807) is 13.8 Å². The highest BCUT2D eigenvalue weighted by atomic mass is 16.6. The maximum atomic E-state index is 9.88. The third-order valence-corrected chi connectivity index (χ3v) is 4.91. The first-order valence-electron chi connectivity index (χ1n) is 10.6. The van der Waals surface area contributed by atoms with Crippen LogP contribution in [0.5, 0.6) is 11.5 Å². The molecule has 0 saturated carbocycles. The Bertz CT molecular complexity index is 934. The lowest BCUT2D eigenvalue weighted by Gasteiger charge is -2.30. The zero-order chi connectivity index (χ0) is 22.3. The molecule has 0 spiro atoms. The number of aliphatic hydroxyl groups is 1. The van der Waals surface area contributed by atoms with Gasteiger partial charge in [0.15, 0.2) is 11.9 Å². The fourth-order valence-corrected chi connectivity index (χ4v) is 3.21. The SMILES string of the molecule is CCCc1oc(-c2ccccc2)nc1CCOc1ccc(OC(C)(C)C(O)OC)cc1. The molecule has 0 bridgehead atoms. The summed E-state index contributed by atoms with van der Waals surface area (Å²) in [4.78, 5) is 4.71. The Balaban J connectivity index is 1.59. The molecular formula is C25H31NO5. The van der Waals surface area contributed by atoms with Gasteiger partial charge in [-0.2, -0.15) is 0 Å². The van der Waals surface area contributed by atoms with Gasteiger partial charge in [0.05, 0.1) is 12.3 Å².